The van der Waals surface area contributed by atoms with Crippen LogP contribution >= 0.6 is 0 Å². The van der Waals surface area contributed by atoms with E-state index in [2.05, 4.69) is 5.32 Å². The van der Waals surface area contributed by atoms with E-state index in [0.717, 1.165) is 23.3 Å². The van der Waals surface area contributed by atoms with Gasteiger partial charge in [0.1, 0.15) is 5.75 Å². The molecule has 0 unspecified atom stereocenters. The van der Waals surface area contributed by atoms with E-state index in [0.29, 0.717) is 18.5 Å². The molecule has 6 heteroatoms. The van der Waals surface area contributed by atoms with Crippen molar-refractivity contribution in [2.75, 3.05) is 26.9 Å². The summed E-state index contributed by atoms with van der Waals surface area (Å²) in [5, 5.41) is 2.93. The number of nitrogens with one attached hydrogen (secondary N) is 1. The zero-order valence-corrected chi connectivity index (χ0v) is 15.7. The Labute approximate surface area is 159 Å². The van der Waals surface area contributed by atoms with Gasteiger partial charge in [0, 0.05) is 18.5 Å². The van der Waals surface area contributed by atoms with E-state index in [9.17, 15) is 9.59 Å². The quantitative estimate of drug-likeness (QED) is 0.684. The molecule has 0 saturated heterocycles. The van der Waals surface area contributed by atoms with Crippen molar-refractivity contribution < 1.29 is 23.8 Å². The van der Waals surface area contributed by atoms with E-state index in [4.69, 9.17) is 14.2 Å². The van der Waals surface area contributed by atoms with Crippen molar-refractivity contribution in [2.45, 2.75) is 19.8 Å². The molecule has 2 rings (SSSR count). The fourth-order valence-corrected chi connectivity index (χ4v) is 2.57. The average molecular weight is 371 g/mol. The molecule has 0 aliphatic heterocycles. The average Bonchev–Trinajstić information content (AvgIpc) is 2.69. The Balaban J connectivity index is 1.85. The van der Waals surface area contributed by atoms with Crippen molar-refractivity contribution in [3.05, 3.63) is 65.2 Å². The molecule has 0 saturated carbocycles. The number of benzene rings is 2. The third kappa shape index (κ3) is 6.66. The Hall–Kier alpha value is -3.02. The smallest absolute Gasteiger partial charge is 0.497 e. The van der Waals surface area contributed by atoms with Gasteiger partial charge in [-0.1, -0.05) is 30.3 Å². The lowest BCUT2D eigenvalue weighted by Crippen LogP contribution is -2.27. The van der Waals surface area contributed by atoms with Crippen LogP contribution in [0.25, 0.3) is 0 Å². The Morgan fingerprint density at radius 2 is 1.70 bits per heavy atom. The van der Waals surface area contributed by atoms with Crippen molar-refractivity contribution >= 4 is 12.1 Å². The summed E-state index contributed by atoms with van der Waals surface area (Å²) in [4.78, 5) is 23.7. The zero-order valence-electron chi connectivity index (χ0n) is 15.7. The number of methoxy groups -OCH3 is 1. The molecule has 6 nitrogen and oxygen atoms in total. The summed E-state index contributed by atoms with van der Waals surface area (Å²) in [5.74, 6) is 0.664. The second-order valence-electron chi connectivity index (χ2n) is 5.79. The van der Waals surface area contributed by atoms with Crippen LogP contribution < -0.4 is 10.1 Å². The number of rotatable bonds is 9. The fraction of sp³-hybridized carbons (Fsp3) is 0.333. The molecule has 2 aromatic carbocycles. The maximum atomic E-state index is 12.5. The summed E-state index contributed by atoms with van der Waals surface area (Å²) in [7, 11) is 1.63. The number of carbonyl (C=O) groups is 2. The Kier molecular flexibility index (Phi) is 8.16. The third-order valence-corrected chi connectivity index (χ3v) is 3.97. The third-order valence-electron chi connectivity index (χ3n) is 3.97. The highest BCUT2D eigenvalue weighted by atomic mass is 16.7. The first-order valence-electron chi connectivity index (χ1n) is 8.92. The van der Waals surface area contributed by atoms with Crippen molar-refractivity contribution in [3.8, 4) is 5.75 Å². The molecule has 0 radical (unpaired) electrons. The van der Waals surface area contributed by atoms with Gasteiger partial charge in [-0.15, -0.1) is 0 Å². The molecule has 0 aromatic heterocycles. The topological polar surface area (TPSA) is 73.9 Å². The van der Waals surface area contributed by atoms with Crippen LogP contribution in [0.2, 0.25) is 0 Å². The molecule has 0 bridgehead atoms. The minimum atomic E-state index is -0.695. The van der Waals surface area contributed by atoms with E-state index < -0.39 is 6.16 Å². The van der Waals surface area contributed by atoms with E-state index in [1.807, 2.05) is 42.5 Å². The van der Waals surface area contributed by atoms with Gasteiger partial charge in [-0.05, 0) is 42.7 Å². The maximum absolute atomic E-state index is 12.5. The Morgan fingerprint density at radius 1 is 0.963 bits per heavy atom. The maximum Gasteiger partial charge on any atom is 0.508 e. The molecule has 2 aromatic rings. The lowest BCUT2D eigenvalue weighted by molar-refractivity contribution is 0.0599. The van der Waals surface area contributed by atoms with Crippen molar-refractivity contribution in [2.24, 2.45) is 0 Å². The molecular weight excluding hydrogens is 346 g/mol. The summed E-state index contributed by atoms with van der Waals surface area (Å²) in [6.45, 7) is 2.67. The zero-order chi connectivity index (χ0) is 19.5. The minimum Gasteiger partial charge on any atom is -0.497 e. The van der Waals surface area contributed by atoms with Gasteiger partial charge in [0.15, 0.2) is 0 Å². The number of amides is 1. The second-order valence-corrected chi connectivity index (χ2v) is 5.79. The number of carbonyl (C=O) groups excluding carboxylic acids is 2. The van der Waals surface area contributed by atoms with Crippen LogP contribution in [0, 0.1) is 0 Å². The molecule has 27 heavy (non-hydrogen) atoms. The molecule has 0 aliphatic carbocycles. The van der Waals surface area contributed by atoms with E-state index in [1.165, 1.54) is 0 Å². The highest BCUT2D eigenvalue weighted by Crippen LogP contribution is 2.12. The summed E-state index contributed by atoms with van der Waals surface area (Å²) < 4.78 is 14.8. The SMILES string of the molecule is CCOC(=O)OCCc1ccccc1C(=O)NCCc1ccc(OC)cc1. The molecule has 1 amide bonds. The lowest BCUT2D eigenvalue weighted by atomic mass is 10.0. The van der Waals surface area contributed by atoms with Gasteiger partial charge < -0.3 is 19.5 Å². The first-order valence-corrected chi connectivity index (χ1v) is 8.92. The highest BCUT2D eigenvalue weighted by molar-refractivity contribution is 5.95. The molecular formula is C21H25NO5. The lowest BCUT2D eigenvalue weighted by Gasteiger charge is -2.11. The van der Waals surface area contributed by atoms with Gasteiger partial charge in [0.05, 0.1) is 20.3 Å². The van der Waals surface area contributed by atoms with Gasteiger partial charge in [0.2, 0.25) is 0 Å². The summed E-state index contributed by atoms with van der Waals surface area (Å²) in [6.07, 6.45) is 0.476. The number of hydrogen-bond donors (Lipinski definition) is 1. The molecule has 1 N–H and O–H groups in total. The van der Waals surface area contributed by atoms with Crippen molar-refractivity contribution in [1.29, 1.82) is 0 Å². The predicted molar refractivity (Wildman–Crippen MR) is 102 cm³/mol. The number of ether oxygens (including phenoxy) is 3. The molecule has 0 atom stereocenters. The van der Waals surface area contributed by atoms with Gasteiger partial charge in [0.25, 0.3) is 5.91 Å². The molecule has 0 fully saturated rings. The first kappa shape index (κ1) is 20.3. The van der Waals surface area contributed by atoms with Gasteiger partial charge in [-0.3, -0.25) is 4.79 Å². The van der Waals surface area contributed by atoms with Crippen molar-refractivity contribution in [1.82, 2.24) is 5.32 Å². The van der Waals surface area contributed by atoms with Crippen molar-refractivity contribution in [3.63, 3.8) is 0 Å². The fourth-order valence-electron chi connectivity index (χ4n) is 2.57. The van der Waals surface area contributed by atoms with Crippen LogP contribution in [-0.2, 0) is 22.3 Å². The van der Waals surface area contributed by atoms with E-state index >= 15 is 0 Å². The summed E-state index contributed by atoms with van der Waals surface area (Å²) in [5.41, 5.74) is 2.52. The van der Waals surface area contributed by atoms with Crippen LogP contribution in [0.1, 0.15) is 28.4 Å². The monoisotopic (exact) mass is 371 g/mol. The Bertz CT molecular complexity index is 742. The highest BCUT2D eigenvalue weighted by Gasteiger charge is 2.11. The van der Waals surface area contributed by atoms with Crippen LogP contribution in [0.15, 0.2) is 48.5 Å². The second kappa shape index (κ2) is 10.9. The van der Waals surface area contributed by atoms with Crippen LogP contribution in [-0.4, -0.2) is 38.9 Å². The van der Waals surface area contributed by atoms with Crippen LogP contribution in [0.5, 0.6) is 5.75 Å². The van der Waals surface area contributed by atoms with Crippen LogP contribution in [0.4, 0.5) is 4.79 Å². The Morgan fingerprint density at radius 3 is 2.41 bits per heavy atom. The van der Waals surface area contributed by atoms with E-state index in [1.54, 1.807) is 20.1 Å². The predicted octanol–water partition coefficient (Wildman–Crippen LogP) is 3.38. The van der Waals surface area contributed by atoms with Gasteiger partial charge in [-0.2, -0.15) is 0 Å². The number of hydrogen-bond acceptors (Lipinski definition) is 5. The summed E-state index contributed by atoms with van der Waals surface area (Å²) >= 11 is 0. The molecule has 0 aliphatic rings. The van der Waals surface area contributed by atoms with Gasteiger partial charge >= 0.3 is 6.16 Å². The van der Waals surface area contributed by atoms with Crippen LogP contribution in [0.3, 0.4) is 0 Å². The molecule has 0 heterocycles. The minimum absolute atomic E-state index is 0.143. The molecule has 0 spiro atoms. The molecule has 144 valence electrons. The largest absolute Gasteiger partial charge is 0.508 e. The van der Waals surface area contributed by atoms with E-state index in [-0.39, 0.29) is 19.1 Å². The normalized spacial score (nSPS) is 10.1. The standard InChI is InChI=1S/C21H25NO5/c1-3-26-21(24)27-15-13-17-6-4-5-7-19(17)20(23)22-14-12-16-8-10-18(25-2)11-9-16/h4-11H,3,12-15H2,1-2H3,(H,22,23). The van der Waals surface area contributed by atoms with Gasteiger partial charge in [-0.25, -0.2) is 4.79 Å². The first-order chi connectivity index (χ1) is 13.1. The summed E-state index contributed by atoms with van der Waals surface area (Å²) in [6, 6.07) is 15.0.